The van der Waals surface area contributed by atoms with Crippen molar-refractivity contribution in [1.29, 1.82) is 0 Å². The first-order chi connectivity index (χ1) is 15.2. The maximum absolute atomic E-state index is 6.23. The van der Waals surface area contributed by atoms with Gasteiger partial charge in [0.1, 0.15) is 0 Å². The van der Waals surface area contributed by atoms with Gasteiger partial charge in [-0.2, -0.15) is 0 Å². The van der Waals surface area contributed by atoms with Crippen molar-refractivity contribution < 1.29 is 0 Å². The van der Waals surface area contributed by atoms with E-state index in [0.29, 0.717) is 0 Å². The lowest BCUT2D eigenvalue weighted by Crippen LogP contribution is -2.26. The average Bonchev–Trinajstić information content (AvgIpc) is 3.22. The number of benzene rings is 4. The summed E-state index contributed by atoms with van der Waals surface area (Å²) in [6.07, 6.45) is 0. The minimum Gasteiger partial charge on any atom is -0.344 e. The molecule has 0 aromatic heterocycles. The molecule has 1 aliphatic rings. The summed E-state index contributed by atoms with van der Waals surface area (Å²) in [7, 11) is 0. The van der Waals surface area contributed by atoms with Gasteiger partial charge in [0.05, 0.1) is 18.8 Å². The highest BCUT2D eigenvalue weighted by Gasteiger charge is 2.42. The Hall–Kier alpha value is -2.94. The second-order valence-corrected chi connectivity index (χ2v) is 8.62. The molecule has 0 bridgehead atoms. The molecule has 5 rings (SSSR count). The van der Waals surface area contributed by atoms with Crippen LogP contribution in [0.2, 0.25) is 10.0 Å². The minimum atomic E-state index is 0.112. The zero-order valence-electron chi connectivity index (χ0n) is 16.9. The maximum Gasteiger partial charge on any atom is 0.0917 e. The molecule has 4 heteroatoms. The smallest absolute Gasteiger partial charge is 0.0917 e. The molecule has 0 radical (unpaired) electrons. The zero-order chi connectivity index (χ0) is 21.2. The summed E-state index contributed by atoms with van der Waals surface area (Å²) < 4.78 is 0. The fraction of sp³-hybridized carbons (Fsp3) is 0.111. The van der Waals surface area contributed by atoms with E-state index in [1.165, 1.54) is 22.5 Å². The Labute approximate surface area is 193 Å². The lowest BCUT2D eigenvalue weighted by molar-refractivity contribution is 0.618. The molecule has 4 aromatic carbocycles. The van der Waals surface area contributed by atoms with Crippen molar-refractivity contribution in [1.82, 2.24) is 0 Å². The molecule has 2 nitrogen and oxygen atoms in total. The zero-order valence-corrected chi connectivity index (χ0v) is 18.4. The Morgan fingerprint density at radius 2 is 0.839 bits per heavy atom. The number of rotatable bonds is 4. The fourth-order valence-electron chi connectivity index (χ4n) is 4.45. The van der Waals surface area contributed by atoms with Crippen LogP contribution < -0.4 is 9.80 Å². The van der Waals surface area contributed by atoms with Crippen LogP contribution in [-0.4, -0.2) is 6.67 Å². The molecule has 1 heterocycles. The van der Waals surface area contributed by atoms with E-state index in [2.05, 4.69) is 94.7 Å². The van der Waals surface area contributed by atoms with E-state index in [9.17, 15) is 0 Å². The van der Waals surface area contributed by atoms with Gasteiger partial charge in [0.15, 0.2) is 0 Å². The van der Waals surface area contributed by atoms with Crippen molar-refractivity contribution in [2.45, 2.75) is 12.1 Å². The van der Waals surface area contributed by atoms with E-state index >= 15 is 0 Å². The van der Waals surface area contributed by atoms with Gasteiger partial charge < -0.3 is 9.80 Å². The van der Waals surface area contributed by atoms with Crippen molar-refractivity contribution in [3.05, 3.63) is 130 Å². The molecule has 0 amide bonds. The standard InChI is InChI=1S/C27H22Cl2N2/c28-22-15-11-20(12-16-22)26-27(21-13-17-23(29)18-14-21)31(25-9-5-2-6-10-25)19-30(26)24-7-3-1-4-8-24/h1-18,26-27H,19H2. The van der Waals surface area contributed by atoms with Gasteiger partial charge in [0.2, 0.25) is 0 Å². The predicted octanol–water partition coefficient (Wildman–Crippen LogP) is 7.76. The first-order valence-corrected chi connectivity index (χ1v) is 11.1. The van der Waals surface area contributed by atoms with Gasteiger partial charge in [-0.05, 0) is 59.7 Å². The Balaban J connectivity index is 1.69. The lowest BCUT2D eigenvalue weighted by Gasteiger charge is -2.30. The van der Waals surface area contributed by atoms with Crippen LogP contribution >= 0.6 is 23.2 Å². The summed E-state index contributed by atoms with van der Waals surface area (Å²) in [5, 5.41) is 1.49. The molecular formula is C27H22Cl2N2. The van der Waals surface area contributed by atoms with E-state index in [4.69, 9.17) is 23.2 Å². The van der Waals surface area contributed by atoms with Crippen molar-refractivity contribution >= 4 is 34.6 Å². The average molecular weight is 445 g/mol. The van der Waals surface area contributed by atoms with Gasteiger partial charge in [-0.1, -0.05) is 83.9 Å². The molecule has 1 aliphatic heterocycles. The summed E-state index contributed by atoms with van der Waals surface area (Å²) in [5.74, 6) is 0. The third-order valence-corrected chi connectivity index (χ3v) is 6.38. The van der Waals surface area contributed by atoms with Crippen LogP contribution in [-0.2, 0) is 0 Å². The van der Waals surface area contributed by atoms with Gasteiger partial charge in [-0.3, -0.25) is 0 Å². The van der Waals surface area contributed by atoms with Crippen LogP contribution in [0.1, 0.15) is 23.2 Å². The topological polar surface area (TPSA) is 6.48 Å². The highest BCUT2D eigenvalue weighted by molar-refractivity contribution is 6.30. The number of halogens is 2. The Bertz CT molecular complexity index is 1040. The maximum atomic E-state index is 6.23. The normalized spacial score (nSPS) is 18.4. The van der Waals surface area contributed by atoms with Gasteiger partial charge in [0, 0.05) is 21.4 Å². The van der Waals surface area contributed by atoms with Crippen molar-refractivity contribution in [2.75, 3.05) is 16.5 Å². The third-order valence-electron chi connectivity index (χ3n) is 5.87. The highest BCUT2D eigenvalue weighted by Crippen LogP contribution is 2.48. The fourth-order valence-corrected chi connectivity index (χ4v) is 4.70. The number of para-hydroxylation sites is 2. The lowest BCUT2D eigenvalue weighted by atomic mass is 9.92. The SMILES string of the molecule is Clc1ccc(C2C(c3ccc(Cl)cc3)N(c3ccccc3)CN2c2ccccc2)cc1. The summed E-state index contributed by atoms with van der Waals surface area (Å²) in [4.78, 5) is 4.94. The van der Waals surface area contributed by atoms with Crippen LogP contribution in [0, 0.1) is 0 Å². The van der Waals surface area contributed by atoms with E-state index in [1.807, 2.05) is 24.3 Å². The largest absolute Gasteiger partial charge is 0.344 e. The second kappa shape index (κ2) is 8.66. The molecule has 1 saturated heterocycles. The van der Waals surface area contributed by atoms with Gasteiger partial charge in [-0.25, -0.2) is 0 Å². The molecular weight excluding hydrogens is 423 g/mol. The van der Waals surface area contributed by atoms with Crippen molar-refractivity contribution in [2.24, 2.45) is 0 Å². The van der Waals surface area contributed by atoms with E-state index in [-0.39, 0.29) is 12.1 Å². The van der Waals surface area contributed by atoms with E-state index in [0.717, 1.165) is 16.7 Å². The molecule has 2 unspecified atom stereocenters. The predicted molar refractivity (Wildman–Crippen MR) is 131 cm³/mol. The molecule has 31 heavy (non-hydrogen) atoms. The van der Waals surface area contributed by atoms with Crippen molar-refractivity contribution in [3.8, 4) is 0 Å². The van der Waals surface area contributed by atoms with Gasteiger partial charge in [0.25, 0.3) is 0 Å². The van der Waals surface area contributed by atoms with E-state index < -0.39 is 0 Å². The van der Waals surface area contributed by atoms with Crippen molar-refractivity contribution in [3.63, 3.8) is 0 Å². The Morgan fingerprint density at radius 3 is 1.19 bits per heavy atom. The van der Waals surface area contributed by atoms with E-state index in [1.54, 1.807) is 0 Å². The first-order valence-electron chi connectivity index (χ1n) is 10.3. The first kappa shape index (κ1) is 20.0. The van der Waals surface area contributed by atoms with Crippen LogP contribution in [0.4, 0.5) is 11.4 Å². The Morgan fingerprint density at radius 1 is 0.484 bits per heavy atom. The number of anilines is 2. The van der Waals surface area contributed by atoms with Crippen LogP contribution in [0.25, 0.3) is 0 Å². The number of nitrogens with zero attached hydrogens (tertiary/aromatic N) is 2. The molecule has 0 spiro atoms. The molecule has 1 fully saturated rings. The van der Waals surface area contributed by atoms with Crippen LogP contribution in [0.5, 0.6) is 0 Å². The summed E-state index contributed by atoms with van der Waals surface area (Å²) >= 11 is 12.5. The van der Waals surface area contributed by atoms with Gasteiger partial charge in [-0.15, -0.1) is 0 Å². The van der Waals surface area contributed by atoms with Gasteiger partial charge >= 0.3 is 0 Å². The summed E-state index contributed by atoms with van der Waals surface area (Å²) in [5.41, 5.74) is 4.85. The number of hydrogen-bond donors (Lipinski definition) is 0. The molecule has 0 aliphatic carbocycles. The number of hydrogen-bond acceptors (Lipinski definition) is 2. The molecule has 0 N–H and O–H groups in total. The quantitative estimate of drug-likeness (QED) is 0.317. The molecule has 2 atom stereocenters. The summed E-state index contributed by atoms with van der Waals surface area (Å²) in [6, 6.07) is 37.9. The molecule has 154 valence electrons. The second-order valence-electron chi connectivity index (χ2n) is 7.74. The minimum absolute atomic E-state index is 0.112. The molecule has 4 aromatic rings. The summed E-state index contributed by atoms with van der Waals surface area (Å²) in [6.45, 7) is 0.772. The highest BCUT2D eigenvalue weighted by atomic mass is 35.5. The Kier molecular flexibility index (Phi) is 5.59. The van der Waals surface area contributed by atoms with Crippen LogP contribution in [0.15, 0.2) is 109 Å². The monoisotopic (exact) mass is 444 g/mol. The molecule has 0 saturated carbocycles. The third kappa shape index (κ3) is 4.01. The van der Waals surface area contributed by atoms with Crippen LogP contribution in [0.3, 0.4) is 0 Å².